The summed E-state index contributed by atoms with van der Waals surface area (Å²) in [6.07, 6.45) is 5.97. The van der Waals surface area contributed by atoms with Crippen molar-refractivity contribution in [2.24, 2.45) is 5.92 Å². The molecule has 0 saturated heterocycles. The Morgan fingerprint density at radius 2 is 2.11 bits per heavy atom. The molecule has 1 saturated carbocycles. The molecular weight excluding hydrogens is 405 g/mol. The average Bonchev–Trinajstić information content (AvgIpc) is 2.83. The molecule has 100 valence electrons. The van der Waals surface area contributed by atoms with Crippen molar-refractivity contribution in [3.8, 4) is 0 Å². The Balaban J connectivity index is 1.81. The molecule has 0 amide bonds. The highest BCUT2D eigenvalue weighted by Crippen LogP contribution is 2.29. The minimum absolute atomic E-state index is 0.238. The third-order valence-corrected chi connectivity index (χ3v) is 4.90. The normalized spacial score (nSPS) is 17.9. The summed E-state index contributed by atoms with van der Waals surface area (Å²) >= 11 is 5.82. The van der Waals surface area contributed by atoms with Crippen molar-refractivity contribution in [3.05, 3.63) is 26.2 Å². The SMILES string of the molecule is OC(CNc1cc(I)ccc1Br)CC1CCCC1. The van der Waals surface area contributed by atoms with Crippen LogP contribution in [0.25, 0.3) is 0 Å². The Hall–Kier alpha value is 0.190. The van der Waals surface area contributed by atoms with Crippen molar-refractivity contribution in [1.82, 2.24) is 0 Å². The van der Waals surface area contributed by atoms with Gasteiger partial charge < -0.3 is 10.4 Å². The van der Waals surface area contributed by atoms with E-state index in [0.29, 0.717) is 6.54 Å². The first kappa shape index (κ1) is 14.6. The number of benzene rings is 1. The van der Waals surface area contributed by atoms with E-state index in [0.717, 1.165) is 22.5 Å². The molecule has 1 atom stereocenters. The van der Waals surface area contributed by atoms with Gasteiger partial charge in [0, 0.05) is 20.3 Å². The van der Waals surface area contributed by atoms with Gasteiger partial charge in [-0.2, -0.15) is 0 Å². The van der Waals surface area contributed by atoms with Gasteiger partial charge in [-0.15, -0.1) is 0 Å². The van der Waals surface area contributed by atoms with Crippen LogP contribution in [-0.4, -0.2) is 17.8 Å². The topological polar surface area (TPSA) is 32.3 Å². The van der Waals surface area contributed by atoms with E-state index >= 15 is 0 Å². The van der Waals surface area contributed by atoms with Gasteiger partial charge >= 0.3 is 0 Å². The second-order valence-corrected chi connectivity index (χ2v) is 7.15. The Labute approximate surface area is 131 Å². The highest BCUT2D eigenvalue weighted by atomic mass is 127. The number of anilines is 1. The van der Waals surface area contributed by atoms with Crippen molar-refractivity contribution in [2.45, 2.75) is 38.2 Å². The molecule has 1 aliphatic carbocycles. The molecule has 1 aromatic carbocycles. The lowest BCUT2D eigenvalue weighted by atomic mass is 10.00. The molecular formula is C14H19BrINO. The lowest BCUT2D eigenvalue weighted by Gasteiger charge is -2.17. The first-order valence-corrected chi connectivity index (χ1v) is 8.39. The van der Waals surface area contributed by atoms with Crippen LogP contribution in [0.2, 0.25) is 0 Å². The van der Waals surface area contributed by atoms with E-state index in [1.165, 1.54) is 29.3 Å². The molecule has 0 bridgehead atoms. The van der Waals surface area contributed by atoms with Crippen LogP contribution >= 0.6 is 38.5 Å². The quantitative estimate of drug-likeness (QED) is 0.687. The summed E-state index contributed by atoms with van der Waals surface area (Å²) in [4.78, 5) is 0. The van der Waals surface area contributed by atoms with E-state index in [4.69, 9.17) is 0 Å². The van der Waals surface area contributed by atoms with Crippen LogP contribution < -0.4 is 5.32 Å². The molecule has 1 aliphatic rings. The highest BCUT2D eigenvalue weighted by Gasteiger charge is 2.18. The molecule has 2 N–H and O–H groups in total. The molecule has 0 aromatic heterocycles. The van der Waals surface area contributed by atoms with Gasteiger partial charge in [0.15, 0.2) is 0 Å². The number of aliphatic hydroxyl groups excluding tert-OH is 1. The van der Waals surface area contributed by atoms with Crippen molar-refractivity contribution in [3.63, 3.8) is 0 Å². The highest BCUT2D eigenvalue weighted by molar-refractivity contribution is 14.1. The molecule has 0 aliphatic heterocycles. The number of halogens is 2. The maximum absolute atomic E-state index is 10.1. The van der Waals surface area contributed by atoms with Crippen LogP contribution in [0.15, 0.2) is 22.7 Å². The first-order chi connectivity index (χ1) is 8.65. The van der Waals surface area contributed by atoms with Crippen molar-refractivity contribution < 1.29 is 5.11 Å². The number of rotatable bonds is 5. The standard InChI is InChI=1S/C14H19BrINO/c15-13-6-5-11(16)8-14(13)17-9-12(18)7-10-3-1-2-4-10/h5-6,8,10,12,17-18H,1-4,7,9H2. The van der Waals surface area contributed by atoms with Gasteiger partial charge in [-0.05, 0) is 69.1 Å². The Kier molecular flexibility index (Phi) is 5.76. The molecule has 4 heteroatoms. The van der Waals surface area contributed by atoms with Gasteiger partial charge in [-0.3, -0.25) is 0 Å². The summed E-state index contributed by atoms with van der Waals surface area (Å²) in [5.41, 5.74) is 1.06. The van der Waals surface area contributed by atoms with Crippen molar-refractivity contribution in [2.75, 3.05) is 11.9 Å². The molecule has 1 aromatic rings. The molecule has 1 unspecified atom stereocenters. The predicted molar refractivity (Wildman–Crippen MR) is 87.9 cm³/mol. The Morgan fingerprint density at radius 3 is 2.83 bits per heavy atom. The fourth-order valence-corrected chi connectivity index (χ4v) is 3.45. The minimum atomic E-state index is -0.238. The van der Waals surface area contributed by atoms with E-state index in [1.807, 2.05) is 6.07 Å². The largest absolute Gasteiger partial charge is 0.391 e. The second-order valence-electron chi connectivity index (χ2n) is 5.05. The van der Waals surface area contributed by atoms with Gasteiger partial charge in [0.1, 0.15) is 0 Å². The Morgan fingerprint density at radius 1 is 1.39 bits per heavy atom. The van der Waals surface area contributed by atoms with Crippen LogP contribution in [0, 0.1) is 9.49 Å². The lowest BCUT2D eigenvalue weighted by molar-refractivity contribution is 0.155. The average molecular weight is 424 g/mol. The summed E-state index contributed by atoms with van der Waals surface area (Å²) in [6.45, 7) is 0.634. The van der Waals surface area contributed by atoms with E-state index in [9.17, 15) is 5.11 Å². The van der Waals surface area contributed by atoms with Gasteiger partial charge in [0.25, 0.3) is 0 Å². The zero-order chi connectivity index (χ0) is 13.0. The van der Waals surface area contributed by atoms with E-state index < -0.39 is 0 Å². The van der Waals surface area contributed by atoms with Gasteiger partial charge in [-0.25, -0.2) is 0 Å². The molecule has 0 radical (unpaired) electrons. The van der Waals surface area contributed by atoms with Crippen LogP contribution in [0.3, 0.4) is 0 Å². The third kappa shape index (κ3) is 4.38. The van der Waals surface area contributed by atoms with Crippen LogP contribution in [0.5, 0.6) is 0 Å². The van der Waals surface area contributed by atoms with Crippen LogP contribution in [0.1, 0.15) is 32.1 Å². The number of hydrogen-bond donors (Lipinski definition) is 2. The van der Waals surface area contributed by atoms with Gasteiger partial charge in [-0.1, -0.05) is 25.7 Å². The maximum atomic E-state index is 10.1. The van der Waals surface area contributed by atoms with Crippen LogP contribution in [0.4, 0.5) is 5.69 Å². The third-order valence-electron chi connectivity index (χ3n) is 3.54. The van der Waals surface area contributed by atoms with Crippen molar-refractivity contribution >= 4 is 44.2 Å². The fourth-order valence-electron chi connectivity index (χ4n) is 2.57. The van der Waals surface area contributed by atoms with E-state index in [2.05, 4.69) is 56.0 Å². The predicted octanol–water partition coefficient (Wildman–Crippen LogP) is 4.41. The van der Waals surface area contributed by atoms with Crippen LogP contribution in [-0.2, 0) is 0 Å². The molecule has 2 rings (SSSR count). The molecule has 2 nitrogen and oxygen atoms in total. The zero-order valence-corrected chi connectivity index (χ0v) is 14.1. The first-order valence-electron chi connectivity index (χ1n) is 6.52. The summed E-state index contributed by atoms with van der Waals surface area (Å²) < 4.78 is 2.25. The molecule has 18 heavy (non-hydrogen) atoms. The zero-order valence-electron chi connectivity index (χ0n) is 10.3. The molecule has 0 spiro atoms. The fraction of sp³-hybridized carbons (Fsp3) is 0.571. The second kappa shape index (κ2) is 7.10. The monoisotopic (exact) mass is 423 g/mol. The summed E-state index contributed by atoms with van der Waals surface area (Å²) in [7, 11) is 0. The van der Waals surface area contributed by atoms with E-state index in [1.54, 1.807) is 0 Å². The summed E-state index contributed by atoms with van der Waals surface area (Å²) in [5.74, 6) is 0.737. The lowest BCUT2D eigenvalue weighted by Crippen LogP contribution is -2.22. The summed E-state index contributed by atoms with van der Waals surface area (Å²) in [5, 5.41) is 13.4. The number of nitrogens with one attached hydrogen (secondary N) is 1. The molecule has 0 heterocycles. The summed E-state index contributed by atoms with van der Waals surface area (Å²) in [6, 6.07) is 6.19. The Bertz CT molecular complexity index is 393. The van der Waals surface area contributed by atoms with Gasteiger partial charge in [0.2, 0.25) is 0 Å². The smallest absolute Gasteiger partial charge is 0.0715 e. The number of hydrogen-bond acceptors (Lipinski definition) is 2. The van der Waals surface area contributed by atoms with Gasteiger partial charge in [0.05, 0.1) is 6.10 Å². The molecule has 1 fully saturated rings. The van der Waals surface area contributed by atoms with E-state index in [-0.39, 0.29) is 6.10 Å². The maximum Gasteiger partial charge on any atom is 0.0715 e. The van der Waals surface area contributed by atoms with Crippen molar-refractivity contribution in [1.29, 1.82) is 0 Å². The minimum Gasteiger partial charge on any atom is -0.391 e. The number of aliphatic hydroxyl groups is 1.